The standard InChI is InChI=1S/C25H26N2O2S/c1-18(2)17-29-22-16-10-9-15-21(22)26-25(30)27-24(28)23(19-11-5-3-6-12-19)20-13-7-4-8-14-20/h3-16,18,23H,17H2,1-2H3,(H2,26,27,28,30). The average Bonchev–Trinajstić information content (AvgIpc) is 2.74. The third kappa shape index (κ3) is 5.91. The van der Waals surface area contributed by atoms with E-state index in [0.717, 1.165) is 16.8 Å². The summed E-state index contributed by atoms with van der Waals surface area (Å²) in [6, 6.07) is 26.9. The van der Waals surface area contributed by atoms with E-state index in [0.29, 0.717) is 18.3 Å². The Balaban J connectivity index is 1.75. The number of nitrogens with one attached hydrogen (secondary N) is 2. The monoisotopic (exact) mass is 418 g/mol. The predicted octanol–water partition coefficient (Wildman–Crippen LogP) is 5.37. The first-order valence-electron chi connectivity index (χ1n) is 9.98. The van der Waals surface area contributed by atoms with Gasteiger partial charge in [-0.05, 0) is 41.4 Å². The lowest BCUT2D eigenvalue weighted by atomic mass is 9.90. The highest BCUT2D eigenvalue weighted by molar-refractivity contribution is 7.80. The minimum Gasteiger partial charge on any atom is -0.491 e. The number of carbonyl (C=O) groups is 1. The van der Waals surface area contributed by atoms with E-state index in [9.17, 15) is 4.79 Å². The Bertz CT molecular complexity index is 935. The van der Waals surface area contributed by atoms with Crippen molar-refractivity contribution in [3.63, 3.8) is 0 Å². The average molecular weight is 419 g/mol. The van der Waals surface area contributed by atoms with E-state index in [4.69, 9.17) is 17.0 Å². The van der Waals surface area contributed by atoms with Gasteiger partial charge in [-0.1, -0.05) is 86.6 Å². The fourth-order valence-corrected chi connectivity index (χ4v) is 3.29. The number of hydrogen-bond donors (Lipinski definition) is 2. The van der Waals surface area contributed by atoms with Gasteiger partial charge < -0.3 is 15.4 Å². The molecular weight excluding hydrogens is 392 g/mol. The van der Waals surface area contributed by atoms with Crippen LogP contribution in [0.5, 0.6) is 5.75 Å². The maximum Gasteiger partial charge on any atom is 0.238 e. The summed E-state index contributed by atoms with van der Waals surface area (Å²) < 4.78 is 5.86. The molecule has 30 heavy (non-hydrogen) atoms. The van der Waals surface area contributed by atoms with Gasteiger partial charge in [0.2, 0.25) is 5.91 Å². The van der Waals surface area contributed by atoms with E-state index < -0.39 is 5.92 Å². The SMILES string of the molecule is CC(C)COc1ccccc1NC(=S)NC(=O)C(c1ccccc1)c1ccccc1. The maximum atomic E-state index is 13.2. The first-order valence-corrected chi connectivity index (χ1v) is 10.4. The molecule has 0 aliphatic carbocycles. The molecule has 0 atom stereocenters. The minimum absolute atomic E-state index is 0.189. The quantitative estimate of drug-likeness (QED) is 0.507. The van der Waals surface area contributed by atoms with Crippen molar-refractivity contribution in [1.82, 2.24) is 5.32 Å². The third-order valence-corrected chi connectivity index (χ3v) is 4.68. The number of ether oxygens (including phenoxy) is 1. The van der Waals surface area contributed by atoms with E-state index >= 15 is 0 Å². The Morgan fingerprint density at radius 1 is 0.867 bits per heavy atom. The number of thiocarbonyl (C=S) groups is 1. The van der Waals surface area contributed by atoms with Crippen LogP contribution in [0, 0.1) is 5.92 Å². The largest absolute Gasteiger partial charge is 0.491 e. The number of para-hydroxylation sites is 2. The Hall–Kier alpha value is -3.18. The highest BCUT2D eigenvalue weighted by Crippen LogP contribution is 2.26. The van der Waals surface area contributed by atoms with Gasteiger partial charge in [0, 0.05) is 0 Å². The van der Waals surface area contributed by atoms with Gasteiger partial charge in [0.15, 0.2) is 5.11 Å². The molecule has 0 fully saturated rings. The van der Waals surface area contributed by atoms with E-state index in [1.165, 1.54) is 0 Å². The predicted molar refractivity (Wildman–Crippen MR) is 126 cm³/mol. The van der Waals surface area contributed by atoms with E-state index in [1.807, 2.05) is 84.9 Å². The molecule has 0 aromatic heterocycles. The van der Waals surface area contributed by atoms with Crippen LogP contribution < -0.4 is 15.4 Å². The number of benzene rings is 3. The van der Waals surface area contributed by atoms with Gasteiger partial charge in [-0.15, -0.1) is 0 Å². The number of anilines is 1. The smallest absolute Gasteiger partial charge is 0.238 e. The molecule has 0 saturated carbocycles. The normalized spacial score (nSPS) is 10.7. The van der Waals surface area contributed by atoms with Crippen LogP contribution in [0.4, 0.5) is 5.69 Å². The van der Waals surface area contributed by atoms with E-state index in [1.54, 1.807) is 0 Å². The second kappa shape index (κ2) is 10.6. The molecule has 0 aliphatic rings. The Morgan fingerprint density at radius 2 is 1.40 bits per heavy atom. The number of rotatable bonds is 7. The van der Waals surface area contributed by atoms with Crippen molar-refractivity contribution in [2.24, 2.45) is 5.92 Å². The summed E-state index contributed by atoms with van der Waals surface area (Å²) in [4.78, 5) is 13.2. The van der Waals surface area contributed by atoms with E-state index in [2.05, 4.69) is 24.5 Å². The molecule has 3 aromatic rings. The first kappa shape index (κ1) is 21.5. The molecule has 4 nitrogen and oxygen atoms in total. The van der Waals surface area contributed by atoms with Gasteiger partial charge in [-0.25, -0.2) is 0 Å². The van der Waals surface area contributed by atoms with Crippen LogP contribution >= 0.6 is 12.2 Å². The third-order valence-electron chi connectivity index (χ3n) is 4.47. The number of hydrogen-bond acceptors (Lipinski definition) is 3. The summed E-state index contributed by atoms with van der Waals surface area (Å²) in [5.41, 5.74) is 2.54. The molecule has 2 N–H and O–H groups in total. The summed E-state index contributed by atoms with van der Waals surface area (Å²) in [6.45, 7) is 4.78. The lowest BCUT2D eigenvalue weighted by Gasteiger charge is -2.19. The fraction of sp³-hybridized carbons (Fsp3) is 0.200. The van der Waals surface area contributed by atoms with Crippen LogP contribution in [-0.2, 0) is 4.79 Å². The highest BCUT2D eigenvalue weighted by atomic mass is 32.1. The second-order valence-corrected chi connectivity index (χ2v) is 7.81. The molecule has 154 valence electrons. The van der Waals surface area contributed by atoms with Crippen LogP contribution in [0.1, 0.15) is 30.9 Å². The molecule has 0 unspecified atom stereocenters. The van der Waals surface area contributed by atoms with Crippen molar-refractivity contribution in [2.45, 2.75) is 19.8 Å². The Kier molecular flexibility index (Phi) is 7.57. The highest BCUT2D eigenvalue weighted by Gasteiger charge is 2.23. The summed E-state index contributed by atoms with van der Waals surface area (Å²) in [5, 5.41) is 6.17. The molecule has 3 aromatic carbocycles. The minimum atomic E-state index is -0.459. The van der Waals surface area contributed by atoms with Crippen molar-refractivity contribution in [3.8, 4) is 5.75 Å². The van der Waals surface area contributed by atoms with Crippen molar-refractivity contribution in [1.29, 1.82) is 0 Å². The number of carbonyl (C=O) groups excluding carboxylic acids is 1. The van der Waals surface area contributed by atoms with Crippen LogP contribution in [0.15, 0.2) is 84.9 Å². The molecule has 5 heteroatoms. The molecular formula is C25H26N2O2S. The van der Waals surface area contributed by atoms with E-state index in [-0.39, 0.29) is 11.0 Å². The van der Waals surface area contributed by atoms with Gasteiger partial charge in [0.25, 0.3) is 0 Å². The molecule has 0 aliphatic heterocycles. The molecule has 0 bridgehead atoms. The molecule has 0 heterocycles. The molecule has 0 radical (unpaired) electrons. The van der Waals surface area contributed by atoms with Gasteiger partial charge in [-0.3, -0.25) is 4.79 Å². The maximum absolute atomic E-state index is 13.2. The topological polar surface area (TPSA) is 50.4 Å². The van der Waals surface area contributed by atoms with Crippen LogP contribution in [-0.4, -0.2) is 17.6 Å². The zero-order valence-corrected chi connectivity index (χ0v) is 18.0. The van der Waals surface area contributed by atoms with Crippen molar-refractivity contribution in [3.05, 3.63) is 96.1 Å². The summed E-state index contributed by atoms with van der Waals surface area (Å²) >= 11 is 5.43. The first-order chi connectivity index (χ1) is 14.5. The zero-order chi connectivity index (χ0) is 21.3. The van der Waals surface area contributed by atoms with Gasteiger partial charge in [0.1, 0.15) is 5.75 Å². The molecule has 3 rings (SSSR count). The van der Waals surface area contributed by atoms with Gasteiger partial charge >= 0.3 is 0 Å². The molecule has 1 amide bonds. The van der Waals surface area contributed by atoms with Crippen LogP contribution in [0.2, 0.25) is 0 Å². The second-order valence-electron chi connectivity index (χ2n) is 7.40. The van der Waals surface area contributed by atoms with Crippen molar-refractivity contribution >= 4 is 28.9 Å². The summed E-state index contributed by atoms with van der Waals surface area (Å²) in [6.07, 6.45) is 0. The summed E-state index contributed by atoms with van der Waals surface area (Å²) in [5.74, 6) is 0.456. The van der Waals surface area contributed by atoms with Gasteiger partial charge in [-0.2, -0.15) is 0 Å². The fourth-order valence-electron chi connectivity index (χ4n) is 3.08. The lowest BCUT2D eigenvalue weighted by Crippen LogP contribution is -2.38. The zero-order valence-electron chi connectivity index (χ0n) is 17.2. The van der Waals surface area contributed by atoms with Crippen LogP contribution in [0.3, 0.4) is 0 Å². The molecule has 0 spiro atoms. The Labute approximate surface area is 183 Å². The van der Waals surface area contributed by atoms with Gasteiger partial charge in [0.05, 0.1) is 18.2 Å². The number of amides is 1. The lowest BCUT2D eigenvalue weighted by molar-refractivity contribution is -0.120. The van der Waals surface area contributed by atoms with Crippen molar-refractivity contribution < 1.29 is 9.53 Å². The summed E-state index contributed by atoms with van der Waals surface area (Å²) in [7, 11) is 0. The Morgan fingerprint density at radius 3 is 1.97 bits per heavy atom. The molecule has 0 saturated heterocycles. The van der Waals surface area contributed by atoms with Crippen LogP contribution in [0.25, 0.3) is 0 Å². The van der Waals surface area contributed by atoms with Crippen molar-refractivity contribution in [2.75, 3.05) is 11.9 Å².